The maximum absolute atomic E-state index is 12.0. The third-order valence-electron chi connectivity index (χ3n) is 4.02. The van der Waals surface area contributed by atoms with E-state index in [4.69, 9.17) is 5.11 Å². The van der Waals surface area contributed by atoms with E-state index in [1.807, 2.05) is 18.2 Å². The van der Waals surface area contributed by atoms with Crippen molar-refractivity contribution < 1.29 is 14.7 Å². The van der Waals surface area contributed by atoms with Gasteiger partial charge in [-0.2, -0.15) is 0 Å². The molecule has 1 unspecified atom stereocenters. The Bertz CT molecular complexity index is 490. The number of piperidine rings is 1. The van der Waals surface area contributed by atoms with E-state index in [0.717, 1.165) is 12.8 Å². The van der Waals surface area contributed by atoms with Crippen molar-refractivity contribution in [2.75, 3.05) is 26.2 Å². The van der Waals surface area contributed by atoms with Gasteiger partial charge in [-0.15, -0.1) is 0 Å². The number of nitrogens with zero attached hydrogens (tertiary/aromatic N) is 1. The number of carbonyl (C=O) groups excluding carboxylic acids is 2. The molecule has 2 rings (SSSR count). The van der Waals surface area contributed by atoms with E-state index in [9.17, 15) is 9.59 Å². The summed E-state index contributed by atoms with van der Waals surface area (Å²) in [4.78, 5) is 25.7. The minimum atomic E-state index is -0.152. The molecule has 0 bridgehead atoms. The normalized spacial score (nSPS) is 18.3. The lowest BCUT2D eigenvalue weighted by molar-refractivity contribution is -0.138. The molecule has 2 N–H and O–H groups in total. The summed E-state index contributed by atoms with van der Waals surface area (Å²) < 4.78 is 0. The third kappa shape index (κ3) is 4.84. The molecule has 1 atom stereocenters. The minimum absolute atomic E-state index is 0.0574. The van der Waals surface area contributed by atoms with Crippen LogP contribution in [0.1, 0.15) is 24.8 Å². The number of rotatable bonds is 7. The Morgan fingerprint density at radius 1 is 1.32 bits per heavy atom. The highest BCUT2D eigenvalue weighted by atomic mass is 16.3. The molecule has 5 heteroatoms. The van der Waals surface area contributed by atoms with Crippen LogP contribution in [0.2, 0.25) is 0 Å². The molecule has 2 amide bonds. The summed E-state index contributed by atoms with van der Waals surface area (Å²) in [5.41, 5.74) is 1.27. The highest BCUT2D eigenvalue weighted by Crippen LogP contribution is 2.18. The van der Waals surface area contributed by atoms with Crippen molar-refractivity contribution >= 4 is 11.8 Å². The van der Waals surface area contributed by atoms with Gasteiger partial charge in [-0.1, -0.05) is 30.3 Å². The maximum atomic E-state index is 12.0. The fourth-order valence-electron chi connectivity index (χ4n) is 2.79. The van der Waals surface area contributed by atoms with E-state index in [1.54, 1.807) is 4.90 Å². The SMILES string of the molecule is O=C(NCCO)C1CCC(=O)N(CCCc2ccccc2)C1. The fourth-order valence-corrected chi connectivity index (χ4v) is 2.79. The number of likely N-dealkylation sites (tertiary alicyclic amines) is 1. The average Bonchev–Trinajstić information content (AvgIpc) is 2.55. The summed E-state index contributed by atoms with van der Waals surface area (Å²) in [5, 5.41) is 11.4. The summed E-state index contributed by atoms with van der Waals surface area (Å²) in [6, 6.07) is 10.2. The lowest BCUT2D eigenvalue weighted by Gasteiger charge is -2.32. The first-order chi connectivity index (χ1) is 10.7. The largest absolute Gasteiger partial charge is 0.395 e. The second-order valence-corrected chi connectivity index (χ2v) is 5.68. The standard InChI is InChI=1S/C17H24N2O3/c20-12-10-18-17(22)15-8-9-16(21)19(13-15)11-4-7-14-5-2-1-3-6-14/h1-3,5-6,15,20H,4,7-13H2,(H,18,22). The molecule has 1 heterocycles. The summed E-state index contributed by atoms with van der Waals surface area (Å²) in [5.74, 6) is -0.0742. The Morgan fingerprint density at radius 3 is 2.82 bits per heavy atom. The number of aliphatic hydroxyl groups is 1. The van der Waals surface area contributed by atoms with Crippen molar-refractivity contribution in [2.45, 2.75) is 25.7 Å². The summed E-state index contributed by atoms with van der Waals surface area (Å²) in [6.07, 6.45) is 2.88. The van der Waals surface area contributed by atoms with Crippen LogP contribution < -0.4 is 5.32 Å². The van der Waals surface area contributed by atoms with E-state index in [2.05, 4.69) is 17.4 Å². The Morgan fingerprint density at radius 2 is 2.09 bits per heavy atom. The van der Waals surface area contributed by atoms with Gasteiger partial charge < -0.3 is 15.3 Å². The Labute approximate surface area is 131 Å². The molecule has 1 aromatic carbocycles. The Hall–Kier alpha value is -1.88. The van der Waals surface area contributed by atoms with Gasteiger partial charge in [0.1, 0.15) is 0 Å². The number of nitrogens with one attached hydrogen (secondary N) is 1. The molecule has 1 saturated heterocycles. The Balaban J connectivity index is 1.79. The molecule has 0 aromatic heterocycles. The molecule has 1 fully saturated rings. The number of benzene rings is 1. The van der Waals surface area contributed by atoms with Crippen LogP contribution in [0.25, 0.3) is 0 Å². The van der Waals surface area contributed by atoms with Gasteiger partial charge in [0.2, 0.25) is 11.8 Å². The zero-order valence-corrected chi connectivity index (χ0v) is 12.8. The number of aliphatic hydroxyl groups excluding tert-OH is 1. The van der Waals surface area contributed by atoms with Gasteiger partial charge in [-0.05, 0) is 24.8 Å². The third-order valence-corrected chi connectivity index (χ3v) is 4.02. The smallest absolute Gasteiger partial charge is 0.224 e. The van der Waals surface area contributed by atoms with Gasteiger partial charge >= 0.3 is 0 Å². The first-order valence-corrected chi connectivity index (χ1v) is 7.91. The average molecular weight is 304 g/mol. The van der Waals surface area contributed by atoms with Gasteiger partial charge in [0.15, 0.2) is 0 Å². The van der Waals surface area contributed by atoms with E-state index < -0.39 is 0 Å². The highest BCUT2D eigenvalue weighted by Gasteiger charge is 2.29. The van der Waals surface area contributed by atoms with E-state index in [-0.39, 0.29) is 30.9 Å². The maximum Gasteiger partial charge on any atom is 0.224 e. The fraction of sp³-hybridized carbons (Fsp3) is 0.529. The van der Waals surface area contributed by atoms with Crippen molar-refractivity contribution in [1.29, 1.82) is 0 Å². The zero-order chi connectivity index (χ0) is 15.8. The number of hydrogen-bond donors (Lipinski definition) is 2. The van der Waals surface area contributed by atoms with Gasteiger partial charge in [-0.25, -0.2) is 0 Å². The quantitative estimate of drug-likeness (QED) is 0.788. The summed E-state index contributed by atoms with van der Waals surface area (Å²) in [7, 11) is 0. The van der Waals surface area contributed by atoms with Crippen LogP contribution in [0.4, 0.5) is 0 Å². The minimum Gasteiger partial charge on any atom is -0.395 e. The number of aryl methyl sites for hydroxylation is 1. The van der Waals surface area contributed by atoms with Crippen molar-refractivity contribution in [3.63, 3.8) is 0 Å². The zero-order valence-electron chi connectivity index (χ0n) is 12.8. The van der Waals surface area contributed by atoms with Crippen LogP contribution in [-0.2, 0) is 16.0 Å². The second-order valence-electron chi connectivity index (χ2n) is 5.68. The van der Waals surface area contributed by atoms with Crippen LogP contribution in [0.3, 0.4) is 0 Å². The molecule has 0 spiro atoms. The second kappa shape index (κ2) is 8.54. The topological polar surface area (TPSA) is 69.6 Å². The van der Waals surface area contributed by atoms with Crippen LogP contribution in [-0.4, -0.2) is 48.1 Å². The van der Waals surface area contributed by atoms with Crippen LogP contribution in [0.5, 0.6) is 0 Å². The van der Waals surface area contributed by atoms with Crippen molar-refractivity contribution in [2.24, 2.45) is 5.92 Å². The Kier molecular flexibility index (Phi) is 6.40. The predicted molar refractivity (Wildman–Crippen MR) is 84.2 cm³/mol. The number of hydrogen-bond acceptors (Lipinski definition) is 3. The molecular weight excluding hydrogens is 280 g/mol. The molecule has 120 valence electrons. The summed E-state index contributed by atoms with van der Waals surface area (Å²) >= 11 is 0. The summed E-state index contributed by atoms with van der Waals surface area (Å²) in [6.45, 7) is 1.40. The molecule has 5 nitrogen and oxygen atoms in total. The lowest BCUT2D eigenvalue weighted by atomic mass is 9.96. The molecule has 1 aliphatic rings. The molecule has 0 saturated carbocycles. The van der Waals surface area contributed by atoms with Crippen LogP contribution >= 0.6 is 0 Å². The van der Waals surface area contributed by atoms with Gasteiger partial charge in [0.05, 0.1) is 12.5 Å². The van der Waals surface area contributed by atoms with E-state index in [0.29, 0.717) is 25.9 Å². The highest BCUT2D eigenvalue weighted by molar-refractivity contribution is 5.83. The van der Waals surface area contributed by atoms with Crippen molar-refractivity contribution in [1.82, 2.24) is 10.2 Å². The molecular formula is C17H24N2O3. The van der Waals surface area contributed by atoms with E-state index in [1.165, 1.54) is 5.56 Å². The van der Waals surface area contributed by atoms with Crippen molar-refractivity contribution in [3.05, 3.63) is 35.9 Å². The lowest BCUT2D eigenvalue weighted by Crippen LogP contribution is -2.46. The first kappa shape index (κ1) is 16.5. The van der Waals surface area contributed by atoms with Crippen LogP contribution in [0, 0.1) is 5.92 Å². The first-order valence-electron chi connectivity index (χ1n) is 7.91. The van der Waals surface area contributed by atoms with Gasteiger partial charge in [-0.3, -0.25) is 9.59 Å². The number of carbonyl (C=O) groups is 2. The van der Waals surface area contributed by atoms with Gasteiger partial charge in [0.25, 0.3) is 0 Å². The molecule has 0 radical (unpaired) electrons. The molecule has 0 aliphatic carbocycles. The van der Waals surface area contributed by atoms with Gasteiger partial charge in [0, 0.05) is 26.1 Å². The van der Waals surface area contributed by atoms with Crippen molar-refractivity contribution in [3.8, 4) is 0 Å². The monoisotopic (exact) mass is 304 g/mol. The van der Waals surface area contributed by atoms with E-state index >= 15 is 0 Å². The van der Waals surface area contributed by atoms with Crippen LogP contribution in [0.15, 0.2) is 30.3 Å². The number of amides is 2. The molecule has 1 aromatic rings. The predicted octanol–water partition coefficient (Wildman–Crippen LogP) is 0.966. The molecule has 22 heavy (non-hydrogen) atoms. The molecule has 1 aliphatic heterocycles.